The number of hydrogen-bond donors (Lipinski definition) is 1. The van der Waals surface area contributed by atoms with Gasteiger partial charge in [0.15, 0.2) is 11.5 Å². The molecule has 0 fully saturated rings. The molecule has 1 atom stereocenters. The number of likely N-dealkylation sites (N-methyl/N-ethyl adjacent to an activating group) is 1. The fraction of sp³-hybridized carbons (Fsp3) is 0.176. The van der Waals surface area contributed by atoms with Crippen molar-refractivity contribution in [3.63, 3.8) is 0 Å². The van der Waals surface area contributed by atoms with Gasteiger partial charge in [-0.3, -0.25) is 9.59 Å². The third kappa shape index (κ3) is 2.53. The molecule has 1 aliphatic rings. The van der Waals surface area contributed by atoms with Gasteiger partial charge in [-0.05, 0) is 36.8 Å². The van der Waals surface area contributed by atoms with Crippen molar-refractivity contribution in [3.05, 3.63) is 69.8 Å². The maximum Gasteiger partial charge on any atom is 0.289 e. The first-order valence-corrected chi connectivity index (χ1v) is 7.35. The van der Waals surface area contributed by atoms with Crippen LogP contribution < -0.4 is 0 Å². The Morgan fingerprint density at radius 1 is 1.22 bits per heavy atom. The molecular formula is C17H14ClNO4. The quantitative estimate of drug-likeness (QED) is 0.874. The number of benzene rings is 1. The topological polar surface area (TPSA) is 70.8 Å². The molecule has 0 saturated heterocycles. The predicted molar refractivity (Wildman–Crippen MR) is 84.4 cm³/mol. The lowest BCUT2D eigenvalue weighted by Crippen LogP contribution is -2.26. The average Bonchev–Trinajstić information content (AvgIpc) is 3.05. The van der Waals surface area contributed by atoms with Gasteiger partial charge in [0.2, 0.25) is 5.78 Å². The molecule has 1 aromatic heterocycles. The number of Topliss-reactive ketones (excluding diaryl/α,β-unsaturated/α-hetero) is 1. The van der Waals surface area contributed by atoms with Crippen LogP contribution in [0.15, 0.2) is 52.1 Å². The van der Waals surface area contributed by atoms with Crippen molar-refractivity contribution in [2.24, 2.45) is 0 Å². The van der Waals surface area contributed by atoms with E-state index in [2.05, 4.69) is 0 Å². The number of carbonyl (C=O) groups is 2. The molecule has 0 spiro atoms. The van der Waals surface area contributed by atoms with Gasteiger partial charge in [0, 0.05) is 12.1 Å². The highest BCUT2D eigenvalue weighted by molar-refractivity contribution is 6.30. The van der Waals surface area contributed by atoms with E-state index in [9.17, 15) is 14.7 Å². The van der Waals surface area contributed by atoms with E-state index in [1.165, 1.54) is 18.0 Å². The Morgan fingerprint density at radius 2 is 1.87 bits per heavy atom. The van der Waals surface area contributed by atoms with E-state index in [-0.39, 0.29) is 11.3 Å². The standard InChI is InChI=1S/C17H14ClNO4/c1-9-3-8-12(23-9)15(20)13-14(19(2)17(22)16(13)21)10-4-6-11(18)7-5-10/h3-8,14,21H,1-2H3. The molecule has 1 N–H and O–H groups in total. The van der Waals surface area contributed by atoms with Crippen molar-refractivity contribution in [2.75, 3.05) is 7.05 Å². The Morgan fingerprint density at radius 3 is 2.43 bits per heavy atom. The second-order valence-electron chi connectivity index (χ2n) is 5.37. The summed E-state index contributed by atoms with van der Waals surface area (Å²) in [4.78, 5) is 26.1. The summed E-state index contributed by atoms with van der Waals surface area (Å²) in [7, 11) is 1.53. The van der Waals surface area contributed by atoms with E-state index >= 15 is 0 Å². The van der Waals surface area contributed by atoms with Crippen molar-refractivity contribution >= 4 is 23.3 Å². The lowest BCUT2D eigenvalue weighted by atomic mass is 9.95. The SMILES string of the molecule is Cc1ccc(C(=O)C2=C(O)C(=O)N(C)C2c2ccc(Cl)cc2)o1. The summed E-state index contributed by atoms with van der Waals surface area (Å²) in [5.74, 6) is -0.989. The maximum atomic E-state index is 12.7. The molecule has 6 heteroatoms. The van der Waals surface area contributed by atoms with Gasteiger partial charge in [0.05, 0.1) is 11.6 Å². The van der Waals surface area contributed by atoms with Gasteiger partial charge in [-0.2, -0.15) is 0 Å². The highest BCUT2D eigenvalue weighted by Crippen LogP contribution is 2.38. The fourth-order valence-electron chi connectivity index (χ4n) is 2.68. The number of amides is 1. The van der Waals surface area contributed by atoms with Crippen molar-refractivity contribution < 1.29 is 19.1 Å². The Bertz CT molecular complexity index is 819. The zero-order valence-electron chi connectivity index (χ0n) is 12.5. The molecule has 2 aromatic rings. The number of hydrogen-bond acceptors (Lipinski definition) is 4. The van der Waals surface area contributed by atoms with Crippen molar-refractivity contribution in [1.29, 1.82) is 0 Å². The Balaban J connectivity index is 2.08. The molecule has 0 aliphatic carbocycles. The number of ketones is 1. The lowest BCUT2D eigenvalue weighted by Gasteiger charge is -2.22. The fourth-order valence-corrected chi connectivity index (χ4v) is 2.80. The summed E-state index contributed by atoms with van der Waals surface area (Å²) in [6.45, 7) is 1.72. The number of carbonyl (C=O) groups excluding carboxylic acids is 2. The molecule has 23 heavy (non-hydrogen) atoms. The molecule has 1 amide bonds. The van der Waals surface area contributed by atoms with Gasteiger partial charge in [-0.25, -0.2) is 0 Å². The molecular weight excluding hydrogens is 318 g/mol. The molecule has 1 aliphatic heterocycles. The van der Waals surface area contributed by atoms with E-state index < -0.39 is 23.5 Å². The van der Waals surface area contributed by atoms with E-state index in [4.69, 9.17) is 16.0 Å². The number of nitrogens with zero attached hydrogens (tertiary/aromatic N) is 1. The van der Waals surface area contributed by atoms with Gasteiger partial charge >= 0.3 is 0 Å². The first-order valence-electron chi connectivity index (χ1n) is 6.97. The van der Waals surface area contributed by atoms with Crippen LogP contribution in [0.4, 0.5) is 0 Å². The Labute approximate surface area is 137 Å². The van der Waals surface area contributed by atoms with Crippen LogP contribution in [0.25, 0.3) is 0 Å². The molecule has 118 valence electrons. The molecule has 0 bridgehead atoms. The predicted octanol–water partition coefficient (Wildman–Crippen LogP) is 3.45. The Hall–Kier alpha value is -2.53. The van der Waals surface area contributed by atoms with E-state index in [0.717, 1.165) is 0 Å². The van der Waals surface area contributed by atoms with Crippen molar-refractivity contribution in [3.8, 4) is 0 Å². The molecule has 3 rings (SSSR count). The summed E-state index contributed by atoms with van der Waals surface area (Å²) in [5.41, 5.74) is 0.690. The zero-order valence-corrected chi connectivity index (χ0v) is 13.3. The van der Waals surface area contributed by atoms with E-state index in [1.807, 2.05) is 0 Å². The average molecular weight is 332 g/mol. The van der Waals surface area contributed by atoms with Crippen molar-refractivity contribution in [2.45, 2.75) is 13.0 Å². The van der Waals surface area contributed by atoms with Gasteiger partial charge in [-0.1, -0.05) is 23.7 Å². The van der Waals surface area contributed by atoms with Crippen molar-refractivity contribution in [1.82, 2.24) is 4.90 Å². The van der Waals surface area contributed by atoms with Crippen LogP contribution in [-0.4, -0.2) is 28.7 Å². The number of aliphatic hydroxyl groups excluding tert-OH is 1. The summed E-state index contributed by atoms with van der Waals surface area (Å²) >= 11 is 5.89. The third-order valence-corrected chi connectivity index (χ3v) is 4.09. The van der Waals surface area contributed by atoms with Crippen LogP contribution in [0.2, 0.25) is 5.02 Å². The van der Waals surface area contributed by atoms with Gasteiger partial charge in [0.25, 0.3) is 5.91 Å². The molecule has 0 radical (unpaired) electrons. The smallest absolute Gasteiger partial charge is 0.289 e. The molecule has 1 unspecified atom stereocenters. The summed E-state index contributed by atoms with van der Waals surface area (Å²) in [6.07, 6.45) is 0. The normalized spacial score (nSPS) is 18.0. The molecule has 1 aromatic carbocycles. The summed E-state index contributed by atoms with van der Waals surface area (Å²) in [5, 5.41) is 10.7. The number of rotatable bonds is 3. The van der Waals surface area contributed by atoms with Crippen LogP contribution in [0.1, 0.15) is 27.9 Å². The Kier molecular flexibility index (Phi) is 3.74. The minimum absolute atomic E-state index is 0.00849. The van der Waals surface area contributed by atoms with Gasteiger partial charge in [-0.15, -0.1) is 0 Å². The number of halogens is 1. The highest BCUT2D eigenvalue weighted by atomic mass is 35.5. The zero-order chi connectivity index (χ0) is 16.7. The second-order valence-corrected chi connectivity index (χ2v) is 5.81. The third-order valence-electron chi connectivity index (χ3n) is 3.83. The minimum atomic E-state index is -0.683. The monoisotopic (exact) mass is 331 g/mol. The molecule has 5 nitrogen and oxygen atoms in total. The number of aliphatic hydroxyl groups is 1. The molecule has 0 saturated carbocycles. The minimum Gasteiger partial charge on any atom is -0.503 e. The summed E-state index contributed by atoms with van der Waals surface area (Å²) < 4.78 is 5.33. The van der Waals surface area contributed by atoms with E-state index in [1.54, 1.807) is 37.3 Å². The van der Waals surface area contributed by atoms with Crippen LogP contribution in [0, 0.1) is 6.92 Å². The highest BCUT2D eigenvalue weighted by Gasteiger charge is 2.42. The summed E-state index contributed by atoms with van der Waals surface area (Å²) in [6, 6.07) is 9.28. The largest absolute Gasteiger partial charge is 0.503 e. The van der Waals surface area contributed by atoms with Gasteiger partial charge < -0.3 is 14.4 Å². The molecule has 2 heterocycles. The van der Waals surface area contributed by atoms with Crippen LogP contribution in [0.3, 0.4) is 0 Å². The van der Waals surface area contributed by atoms with Crippen LogP contribution >= 0.6 is 11.6 Å². The van der Waals surface area contributed by atoms with E-state index in [0.29, 0.717) is 16.3 Å². The second kappa shape index (κ2) is 5.59. The first-order chi connectivity index (χ1) is 10.9. The lowest BCUT2D eigenvalue weighted by molar-refractivity contribution is -0.128. The maximum absolute atomic E-state index is 12.7. The van der Waals surface area contributed by atoms with Crippen LogP contribution in [0.5, 0.6) is 0 Å². The number of aryl methyl sites for hydroxylation is 1. The van der Waals surface area contributed by atoms with Gasteiger partial charge in [0.1, 0.15) is 5.76 Å². The first kappa shape index (κ1) is 15.4. The number of furan rings is 1. The van der Waals surface area contributed by atoms with Crippen LogP contribution in [-0.2, 0) is 4.79 Å².